The molecular formula is C17H35N3O9. The van der Waals surface area contributed by atoms with Gasteiger partial charge in [-0.2, -0.15) is 0 Å². The van der Waals surface area contributed by atoms with Crippen LogP contribution in [0.1, 0.15) is 6.42 Å². The van der Waals surface area contributed by atoms with Gasteiger partial charge in [0.25, 0.3) is 0 Å². The van der Waals surface area contributed by atoms with Gasteiger partial charge in [-0.15, -0.1) is 0 Å². The Balaban J connectivity index is 1.61. The number of aliphatic hydroxyl groups excluding tert-OH is 8. The van der Waals surface area contributed by atoms with E-state index < -0.39 is 67.5 Å². The number of hydrogen-bond donors (Lipinski definition) is 11. The second kappa shape index (κ2) is 11.8. The normalized spacial score (nSPS) is 43.4. The third-order valence-electron chi connectivity index (χ3n) is 5.63. The van der Waals surface area contributed by atoms with Crippen molar-refractivity contribution in [2.45, 2.75) is 61.4 Å². The zero-order chi connectivity index (χ0) is 21.6. The van der Waals surface area contributed by atoms with Crippen LogP contribution in [0.2, 0.25) is 0 Å². The van der Waals surface area contributed by atoms with Crippen molar-refractivity contribution in [3.05, 3.63) is 0 Å². The third-order valence-corrected chi connectivity index (χ3v) is 5.63. The molecule has 1 aliphatic heterocycles. The number of hydrogen-bond acceptors (Lipinski definition) is 12. The molecule has 12 heteroatoms. The van der Waals surface area contributed by atoms with E-state index in [1.54, 1.807) is 0 Å². The van der Waals surface area contributed by atoms with Gasteiger partial charge in [0.05, 0.1) is 18.8 Å². The molecule has 2 aliphatic rings. The van der Waals surface area contributed by atoms with E-state index in [4.69, 9.17) is 9.84 Å². The molecule has 1 aliphatic carbocycles. The molecule has 0 bridgehead atoms. The van der Waals surface area contributed by atoms with Crippen LogP contribution >= 0.6 is 0 Å². The summed E-state index contributed by atoms with van der Waals surface area (Å²) in [6.45, 7) is 1.12. The standard InChI is InChI=1S/C17H35N3O9/c21-6-8-5-9(12(24)14(26)11(8)23)19-3-1-18-2-4-20-17-16(28)15(27)13(25)10(7-22)29-17/h8-28H,1-7H2. The molecule has 12 nitrogen and oxygen atoms in total. The number of rotatable bonds is 10. The zero-order valence-electron chi connectivity index (χ0n) is 16.2. The van der Waals surface area contributed by atoms with E-state index >= 15 is 0 Å². The molecule has 29 heavy (non-hydrogen) atoms. The topological polar surface area (TPSA) is 207 Å². The van der Waals surface area contributed by atoms with E-state index in [0.717, 1.165) is 0 Å². The summed E-state index contributed by atoms with van der Waals surface area (Å²) in [5.41, 5.74) is 0. The minimum atomic E-state index is -1.42. The molecule has 2 fully saturated rings. The van der Waals surface area contributed by atoms with Gasteiger partial charge in [-0.1, -0.05) is 0 Å². The highest BCUT2D eigenvalue weighted by molar-refractivity contribution is 4.96. The molecule has 11 N–H and O–H groups in total. The summed E-state index contributed by atoms with van der Waals surface area (Å²) < 4.78 is 5.34. The van der Waals surface area contributed by atoms with Crippen LogP contribution in [0.5, 0.6) is 0 Å². The van der Waals surface area contributed by atoms with Crippen molar-refractivity contribution in [2.75, 3.05) is 39.4 Å². The maximum atomic E-state index is 10.0. The lowest BCUT2D eigenvalue weighted by atomic mass is 9.80. The van der Waals surface area contributed by atoms with Crippen LogP contribution in [0.4, 0.5) is 0 Å². The second-order valence-electron chi connectivity index (χ2n) is 7.66. The summed E-state index contributed by atoms with van der Waals surface area (Å²) >= 11 is 0. The number of ether oxygens (including phenoxy) is 1. The Bertz CT molecular complexity index is 433. The van der Waals surface area contributed by atoms with Gasteiger partial charge in [0, 0.05) is 44.7 Å². The second-order valence-corrected chi connectivity index (χ2v) is 7.66. The van der Waals surface area contributed by atoms with Crippen LogP contribution in [0.25, 0.3) is 0 Å². The van der Waals surface area contributed by atoms with Crippen molar-refractivity contribution in [1.29, 1.82) is 0 Å². The first-order valence-electron chi connectivity index (χ1n) is 9.94. The number of aliphatic hydroxyl groups is 8. The van der Waals surface area contributed by atoms with Crippen molar-refractivity contribution in [1.82, 2.24) is 16.0 Å². The van der Waals surface area contributed by atoms with E-state index in [9.17, 15) is 35.7 Å². The highest BCUT2D eigenvalue weighted by Gasteiger charge is 2.43. The fraction of sp³-hybridized carbons (Fsp3) is 1.00. The van der Waals surface area contributed by atoms with E-state index in [-0.39, 0.29) is 6.61 Å². The molecule has 1 heterocycles. The molecule has 0 spiro atoms. The van der Waals surface area contributed by atoms with Gasteiger partial charge in [0.2, 0.25) is 0 Å². The van der Waals surface area contributed by atoms with E-state index in [1.165, 1.54) is 0 Å². The molecule has 0 aromatic heterocycles. The van der Waals surface area contributed by atoms with Crippen molar-refractivity contribution in [2.24, 2.45) is 5.92 Å². The molecule has 172 valence electrons. The average molecular weight is 425 g/mol. The Morgan fingerprint density at radius 3 is 1.90 bits per heavy atom. The van der Waals surface area contributed by atoms with Gasteiger partial charge in [0.15, 0.2) is 0 Å². The fourth-order valence-corrected chi connectivity index (χ4v) is 3.75. The first-order chi connectivity index (χ1) is 13.8. The highest BCUT2D eigenvalue weighted by Crippen LogP contribution is 2.25. The molecule has 2 rings (SSSR count). The van der Waals surface area contributed by atoms with Crippen LogP contribution in [0, 0.1) is 5.92 Å². The van der Waals surface area contributed by atoms with E-state index in [2.05, 4.69) is 16.0 Å². The van der Waals surface area contributed by atoms with Crippen molar-refractivity contribution in [3.8, 4) is 0 Å². The molecule has 1 saturated heterocycles. The molecular weight excluding hydrogens is 390 g/mol. The Labute approximate surface area is 169 Å². The highest BCUT2D eigenvalue weighted by atomic mass is 16.6. The van der Waals surface area contributed by atoms with Crippen LogP contribution in [0.3, 0.4) is 0 Å². The summed E-state index contributed by atoms with van der Waals surface area (Å²) in [5, 5.41) is 86.6. The predicted octanol–water partition coefficient (Wildman–Crippen LogP) is -5.98. The Kier molecular flexibility index (Phi) is 10.1. The molecule has 10 unspecified atom stereocenters. The Morgan fingerprint density at radius 1 is 0.655 bits per heavy atom. The summed E-state index contributed by atoms with van der Waals surface area (Å²) in [6, 6.07) is -0.445. The van der Waals surface area contributed by atoms with Crippen LogP contribution in [-0.2, 0) is 4.74 Å². The van der Waals surface area contributed by atoms with E-state index in [1.807, 2.05) is 0 Å². The van der Waals surface area contributed by atoms with E-state index in [0.29, 0.717) is 32.6 Å². The lowest BCUT2D eigenvalue weighted by Crippen LogP contribution is -2.62. The first kappa shape index (κ1) is 24.8. The maximum absolute atomic E-state index is 10.0. The largest absolute Gasteiger partial charge is 0.396 e. The lowest BCUT2D eigenvalue weighted by molar-refractivity contribution is -0.236. The summed E-state index contributed by atoms with van der Waals surface area (Å²) in [7, 11) is 0. The molecule has 0 aromatic carbocycles. The lowest BCUT2D eigenvalue weighted by Gasteiger charge is -2.40. The van der Waals surface area contributed by atoms with Crippen LogP contribution in [-0.4, -0.2) is 135 Å². The molecule has 0 radical (unpaired) electrons. The Hall–Kier alpha value is -0.480. The average Bonchev–Trinajstić information content (AvgIpc) is 2.72. The van der Waals surface area contributed by atoms with Gasteiger partial charge in [-0.05, 0) is 6.42 Å². The zero-order valence-corrected chi connectivity index (χ0v) is 16.2. The Morgan fingerprint density at radius 2 is 1.28 bits per heavy atom. The van der Waals surface area contributed by atoms with Crippen LogP contribution < -0.4 is 16.0 Å². The van der Waals surface area contributed by atoms with Crippen molar-refractivity contribution in [3.63, 3.8) is 0 Å². The van der Waals surface area contributed by atoms with Crippen molar-refractivity contribution >= 4 is 0 Å². The SMILES string of the molecule is OCC1CC(NCCNCCNC2OC(CO)C(O)C(O)C2O)C(O)C(O)C1O. The minimum absolute atomic E-state index is 0.273. The van der Waals surface area contributed by atoms with Crippen molar-refractivity contribution < 1.29 is 45.6 Å². The predicted molar refractivity (Wildman–Crippen MR) is 99.6 cm³/mol. The summed E-state index contributed by atoms with van der Waals surface area (Å²) in [4.78, 5) is 0. The monoisotopic (exact) mass is 425 g/mol. The van der Waals surface area contributed by atoms with Gasteiger partial charge in [-0.3, -0.25) is 5.32 Å². The molecule has 0 amide bonds. The number of nitrogens with one attached hydrogen (secondary N) is 3. The van der Waals surface area contributed by atoms with Gasteiger partial charge in [0.1, 0.15) is 36.7 Å². The smallest absolute Gasteiger partial charge is 0.137 e. The first-order valence-corrected chi connectivity index (χ1v) is 9.94. The quantitative estimate of drug-likeness (QED) is 0.148. The van der Waals surface area contributed by atoms with Crippen LogP contribution in [0.15, 0.2) is 0 Å². The molecule has 10 atom stereocenters. The summed E-state index contributed by atoms with van der Waals surface area (Å²) in [6.07, 6.45) is -9.27. The van der Waals surface area contributed by atoms with Gasteiger partial charge in [-0.25, -0.2) is 0 Å². The molecule has 0 aromatic rings. The minimum Gasteiger partial charge on any atom is -0.396 e. The van der Waals surface area contributed by atoms with Gasteiger partial charge >= 0.3 is 0 Å². The summed E-state index contributed by atoms with van der Waals surface area (Å²) in [5.74, 6) is -0.499. The third kappa shape index (κ3) is 6.26. The maximum Gasteiger partial charge on any atom is 0.137 e. The van der Waals surface area contributed by atoms with Gasteiger partial charge < -0.3 is 56.2 Å². The fourth-order valence-electron chi connectivity index (χ4n) is 3.75. The molecule has 1 saturated carbocycles.